The van der Waals surface area contributed by atoms with Gasteiger partial charge in [0, 0.05) is 18.5 Å². The lowest BCUT2D eigenvalue weighted by Gasteiger charge is -2.21. The third-order valence-electron chi connectivity index (χ3n) is 3.28. The Kier molecular flexibility index (Phi) is 4.93. The molecule has 0 spiro atoms. The standard InChI is InChI=1S/C17H20N2O2/c1-12(2)10-15(13-6-4-3-5-7-13)19-17(21)14-11-18-9-8-16(14)20/h3-9,11-12,15H,10H2,1-2H3,(H,18,20)(H,19,21). The zero-order valence-corrected chi connectivity index (χ0v) is 12.3. The summed E-state index contributed by atoms with van der Waals surface area (Å²) in [5.74, 6) is 0.0934. The number of amides is 1. The normalized spacial score (nSPS) is 12.1. The summed E-state index contributed by atoms with van der Waals surface area (Å²) >= 11 is 0. The number of H-pyrrole nitrogens is 1. The third-order valence-corrected chi connectivity index (χ3v) is 3.28. The fraction of sp³-hybridized carbons (Fsp3) is 0.294. The number of hydrogen-bond acceptors (Lipinski definition) is 2. The van der Waals surface area contributed by atoms with E-state index in [1.54, 1.807) is 0 Å². The van der Waals surface area contributed by atoms with Crippen LogP contribution in [0.2, 0.25) is 0 Å². The molecule has 1 unspecified atom stereocenters. The molecule has 2 N–H and O–H groups in total. The number of carbonyl (C=O) groups excluding carboxylic acids is 1. The molecule has 1 atom stereocenters. The third kappa shape index (κ3) is 4.05. The van der Waals surface area contributed by atoms with E-state index in [0.29, 0.717) is 5.92 Å². The molecule has 1 heterocycles. The van der Waals surface area contributed by atoms with Crippen LogP contribution in [0.15, 0.2) is 53.6 Å². The van der Waals surface area contributed by atoms with E-state index in [1.165, 1.54) is 18.5 Å². The average molecular weight is 284 g/mol. The number of carbonyl (C=O) groups is 1. The second-order valence-electron chi connectivity index (χ2n) is 5.49. The van der Waals surface area contributed by atoms with Crippen LogP contribution in [0.4, 0.5) is 0 Å². The van der Waals surface area contributed by atoms with E-state index in [1.807, 2.05) is 30.3 Å². The lowest BCUT2D eigenvalue weighted by Crippen LogP contribution is -2.32. The SMILES string of the molecule is CC(C)CC(NC(=O)c1c[nH]ccc1=O)c1ccccc1. The number of rotatable bonds is 5. The Hall–Kier alpha value is -2.36. The summed E-state index contributed by atoms with van der Waals surface area (Å²) in [4.78, 5) is 26.8. The van der Waals surface area contributed by atoms with Crippen LogP contribution in [0.1, 0.15) is 42.2 Å². The Bertz CT molecular complexity index is 647. The Morgan fingerprint density at radius 3 is 2.52 bits per heavy atom. The van der Waals surface area contributed by atoms with E-state index < -0.39 is 0 Å². The zero-order chi connectivity index (χ0) is 15.2. The van der Waals surface area contributed by atoms with Gasteiger partial charge in [-0.1, -0.05) is 44.2 Å². The predicted octanol–water partition coefficient (Wildman–Crippen LogP) is 2.89. The van der Waals surface area contributed by atoms with Gasteiger partial charge in [0.2, 0.25) is 0 Å². The van der Waals surface area contributed by atoms with Crippen molar-refractivity contribution in [3.8, 4) is 0 Å². The zero-order valence-electron chi connectivity index (χ0n) is 12.3. The van der Waals surface area contributed by atoms with Crippen molar-refractivity contribution in [2.24, 2.45) is 5.92 Å². The number of benzene rings is 1. The van der Waals surface area contributed by atoms with Crippen LogP contribution in [-0.4, -0.2) is 10.9 Å². The summed E-state index contributed by atoms with van der Waals surface area (Å²) in [7, 11) is 0. The number of aromatic amines is 1. The summed E-state index contributed by atoms with van der Waals surface area (Å²) in [5, 5.41) is 2.96. The van der Waals surface area contributed by atoms with Gasteiger partial charge in [-0.05, 0) is 17.9 Å². The van der Waals surface area contributed by atoms with Crippen LogP contribution in [0.5, 0.6) is 0 Å². The molecule has 0 saturated carbocycles. The summed E-state index contributed by atoms with van der Waals surface area (Å²) < 4.78 is 0. The monoisotopic (exact) mass is 284 g/mol. The summed E-state index contributed by atoms with van der Waals surface area (Å²) in [6.45, 7) is 4.22. The van der Waals surface area contributed by atoms with Gasteiger partial charge in [0.1, 0.15) is 5.56 Å². The topological polar surface area (TPSA) is 62.0 Å². The van der Waals surface area contributed by atoms with E-state index in [4.69, 9.17) is 0 Å². The summed E-state index contributed by atoms with van der Waals surface area (Å²) in [6.07, 6.45) is 3.78. The van der Waals surface area contributed by atoms with Crippen LogP contribution in [0.3, 0.4) is 0 Å². The molecular weight excluding hydrogens is 264 g/mol. The molecule has 0 aliphatic heterocycles. The van der Waals surface area contributed by atoms with E-state index in [0.717, 1.165) is 12.0 Å². The van der Waals surface area contributed by atoms with Crippen molar-refractivity contribution in [2.75, 3.05) is 0 Å². The van der Waals surface area contributed by atoms with Crippen LogP contribution >= 0.6 is 0 Å². The van der Waals surface area contributed by atoms with E-state index in [9.17, 15) is 9.59 Å². The molecule has 110 valence electrons. The highest BCUT2D eigenvalue weighted by Crippen LogP contribution is 2.21. The van der Waals surface area contributed by atoms with Crippen LogP contribution in [-0.2, 0) is 0 Å². The average Bonchev–Trinajstić information content (AvgIpc) is 2.47. The van der Waals surface area contributed by atoms with Crippen molar-refractivity contribution in [3.05, 3.63) is 70.1 Å². The summed E-state index contributed by atoms with van der Waals surface area (Å²) in [5.41, 5.74) is 0.914. The van der Waals surface area contributed by atoms with Crippen molar-refractivity contribution in [3.63, 3.8) is 0 Å². The largest absolute Gasteiger partial charge is 0.367 e. The van der Waals surface area contributed by atoms with E-state index in [-0.39, 0.29) is 22.9 Å². The minimum Gasteiger partial charge on any atom is -0.367 e. The minimum absolute atomic E-state index is 0.0988. The maximum atomic E-state index is 12.3. The van der Waals surface area contributed by atoms with E-state index >= 15 is 0 Å². The van der Waals surface area contributed by atoms with Gasteiger partial charge in [-0.2, -0.15) is 0 Å². The van der Waals surface area contributed by atoms with Gasteiger partial charge in [0.25, 0.3) is 5.91 Å². The second-order valence-corrected chi connectivity index (χ2v) is 5.49. The molecule has 0 saturated heterocycles. The molecule has 0 bridgehead atoms. The lowest BCUT2D eigenvalue weighted by atomic mass is 9.96. The molecule has 1 aromatic heterocycles. The molecule has 0 aliphatic carbocycles. The Morgan fingerprint density at radius 2 is 1.90 bits per heavy atom. The van der Waals surface area contributed by atoms with Crippen molar-refractivity contribution in [1.29, 1.82) is 0 Å². The maximum absolute atomic E-state index is 12.3. The van der Waals surface area contributed by atoms with Gasteiger partial charge in [0.05, 0.1) is 6.04 Å². The molecule has 0 fully saturated rings. The molecular formula is C17H20N2O2. The number of aromatic nitrogens is 1. The first-order chi connectivity index (χ1) is 10.1. The highest BCUT2D eigenvalue weighted by molar-refractivity contribution is 5.94. The Labute approximate surface area is 124 Å². The molecule has 1 aromatic carbocycles. The molecule has 0 aliphatic rings. The smallest absolute Gasteiger partial charge is 0.257 e. The van der Waals surface area contributed by atoms with Gasteiger partial charge in [0.15, 0.2) is 5.43 Å². The number of pyridine rings is 1. The Morgan fingerprint density at radius 1 is 1.19 bits per heavy atom. The van der Waals surface area contributed by atoms with Crippen LogP contribution in [0.25, 0.3) is 0 Å². The second kappa shape index (κ2) is 6.88. The molecule has 2 aromatic rings. The van der Waals surface area contributed by atoms with Crippen LogP contribution in [0, 0.1) is 5.92 Å². The van der Waals surface area contributed by atoms with Gasteiger partial charge in [-0.25, -0.2) is 0 Å². The fourth-order valence-electron chi connectivity index (χ4n) is 2.26. The lowest BCUT2D eigenvalue weighted by molar-refractivity contribution is 0.0930. The van der Waals surface area contributed by atoms with Gasteiger partial charge in [-0.15, -0.1) is 0 Å². The molecule has 4 heteroatoms. The van der Waals surface area contributed by atoms with Crippen molar-refractivity contribution in [1.82, 2.24) is 10.3 Å². The van der Waals surface area contributed by atoms with Crippen molar-refractivity contribution < 1.29 is 4.79 Å². The molecule has 2 rings (SSSR count). The number of nitrogens with one attached hydrogen (secondary N) is 2. The molecule has 4 nitrogen and oxygen atoms in total. The van der Waals surface area contributed by atoms with Gasteiger partial charge in [-0.3, -0.25) is 9.59 Å². The summed E-state index contributed by atoms with van der Waals surface area (Å²) in [6, 6.07) is 11.1. The molecule has 21 heavy (non-hydrogen) atoms. The fourth-order valence-corrected chi connectivity index (χ4v) is 2.26. The highest BCUT2D eigenvalue weighted by atomic mass is 16.2. The first-order valence-corrected chi connectivity index (χ1v) is 7.11. The van der Waals surface area contributed by atoms with Crippen molar-refractivity contribution >= 4 is 5.91 Å². The Balaban J connectivity index is 2.21. The maximum Gasteiger partial charge on any atom is 0.257 e. The molecule has 1 amide bonds. The predicted molar refractivity (Wildman–Crippen MR) is 83.2 cm³/mol. The minimum atomic E-state index is -0.341. The first-order valence-electron chi connectivity index (χ1n) is 7.11. The van der Waals surface area contributed by atoms with Crippen molar-refractivity contribution in [2.45, 2.75) is 26.3 Å². The quantitative estimate of drug-likeness (QED) is 0.886. The van der Waals surface area contributed by atoms with Gasteiger partial charge >= 0.3 is 0 Å². The molecule has 0 radical (unpaired) electrons. The van der Waals surface area contributed by atoms with E-state index in [2.05, 4.69) is 24.1 Å². The number of hydrogen-bond donors (Lipinski definition) is 2. The highest BCUT2D eigenvalue weighted by Gasteiger charge is 2.18. The van der Waals surface area contributed by atoms with Crippen LogP contribution < -0.4 is 10.7 Å². The first kappa shape index (κ1) is 15.0. The van der Waals surface area contributed by atoms with Gasteiger partial charge < -0.3 is 10.3 Å².